The maximum absolute atomic E-state index is 11.6. The van der Waals surface area contributed by atoms with Gasteiger partial charge >= 0.3 is 5.97 Å². The van der Waals surface area contributed by atoms with Crippen LogP contribution >= 0.6 is 0 Å². The summed E-state index contributed by atoms with van der Waals surface area (Å²) in [7, 11) is 4.06. The summed E-state index contributed by atoms with van der Waals surface area (Å²) >= 11 is 0. The van der Waals surface area contributed by atoms with Crippen molar-refractivity contribution in [2.75, 3.05) is 27.2 Å². The second-order valence-corrected chi connectivity index (χ2v) is 13.7. The number of carbonyl (C=O) groups is 1. The van der Waals surface area contributed by atoms with E-state index in [0.717, 1.165) is 45.1 Å². The molecule has 46 heavy (non-hydrogen) atoms. The van der Waals surface area contributed by atoms with Gasteiger partial charge in [0.05, 0.1) is 6.61 Å². The van der Waals surface area contributed by atoms with Gasteiger partial charge in [-0.05, 0) is 104 Å². The minimum Gasteiger partial charge on any atom is -0.466 e. The van der Waals surface area contributed by atoms with E-state index in [1.54, 1.807) is 0 Å². The molecule has 0 radical (unpaired) electrons. The summed E-state index contributed by atoms with van der Waals surface area (Å²) < 4.78 is 5.31. The number of unbranched alkanes of at least 4 members (excludes halogenated alkanes) is 22. The van der Waals surface area contributed by atoms with Gasteiger partial charge in [0.1, 0.15) is 0 Å². The van der Waals surface area contributed by atoms with Crippen molar-refractivity contribution in [3.05, 3.63) is 48.6 Å². The first kappa shape index (κ1) is 44.4. The molecule has 0 aliphatic rings. The van der Waals surface area contributed by atoms with E-state index in [4.69, 9.17) is 4.74 Å². The monoisotopic (exact) mass is 642 g/mol. The molecule has 0 aromatic rings. The number of carbonyl (C=O) groups excluding carboxylic acids is 1. The van der Waals surface area contributed by atoms with Crippen LogP contribution in [0.5, 0.6) is 0 Å². The van der Waals surface area contributed by atoms with Crippen molar-refractivity contribution >= 4 is 5.97 Å². The topological polar surface area (TPSA) is 29.5 Å². The number of hydrogen-bond acceptors (Lipinski definition) is 3. The van der Waals surface area contributed by atoms with Crippen LogP contribution in [0.4, 0.5) is 0 Å². The van der Waals surface area contributed by atoms with E-state index in [1.165, 1.54) is 141 Å². The van der Waals surface area contributed by atoms with Crippen molar-refractivity contribution in [3.63, 3.8) is 0 Å². The maximum atomic E-state index is 11.6. The van der Waals surface area contributed by atoms with E-state index < -0.39 is 0 Å². The molecule has 3 heteroatoms. The summed E-state index contributed by atoms with van der Waals surface area (Å²) in [6, 6.07) is 0. The summed E-state index contributed by atoms with van der Waals surface area (Å²) in [6.45, 7) is 3.78. The standard InChI is InChI=1S/C43H79NO2/c1-4-5-6-7-8-9-10-11-12-13-14-15-16-17-18-19-20-21-22-23-24-25-26-27-28-29-30-31-32-33-34-35-36-37-38-42-46-43(45)40-39-41-44(2)3/h8-9,11-12,30-31,33-34H,4-7,10,13-29,32,35-42H2,1-3H3. The lowest BCUT2D eigenvalue weighted by molar-refractivity contribution is -0.143. The van der Waals surface area contributed by atoms with Gasteiger partial charge in [-0.3, -0.25) is 4.79 Å². The zero-order valence-corrected chi connectivity index (χ0v) is 31.3. The smallest absolute Gasteiger partial charge is 0.305 e. The van der Waals surface area contributed by atoms with Crippen LogP contribution in [0.1, 0.15) is 193 Å². The molecule has 0 atom stereocenters. The maximum Gasteiger partial charge on any atom is 0.305 e. The quantitative estimate of drug-likeness (QED) is 0.0387. The van der Waals surface area contributed by atoms with Crippen LogP contribution in [-0.2, 0) is 9.53 Å². The third-order valence-corrected chi connectivity index (χ3v) is 8.69. The normalized spacial score (nSPS) is 12.3. The van der Waals surface area contributed by atoms with E-state index in [9.17, 15) is 4.79 Å². The minimum absolute atomic E-state index is 0.0485. The number of rotatable bonds is 36. The van der Waals surface area contributed by atoms with Crippen LogP contribution in [0.15, 0.2) is 48.6 Å². The predicted molar refractivity (Wildman–Crippen MR) is 206 cm³/mol. The van der Waals surface area contributed by atoms with Gasteiger partial charge in [0, 0.05) is 6.42 Å². The summed E-state index contributed by atoms with van der Waals surface area (Å²) in [6.07, 6.45) is 55.8. The fourth-order valence-electron chi connectivity index (χ4n) is 5.69. The second kappa shape index (κ2) is 39.6. The summed E-state index contributed by atoms with van der Waals surface area (Å²) in [5.41, 5.74) is 0. The number of allylic oxidation sites excluding steroid dienone is 8. The molecule has 268 valence electrons. The van der Waals surface area contributed by atoms with Crippen molar-refractivity contribution < 1.29 is 9.53 Å². The Hall–Kier alpha value is -1.61. The summed E-state index contributed by atoms with van der Waals surface area (Å²) in [5.74, 6) is -0.0485. The van der Waals surface area contributed by atoms with Gasteiger partial charge in [-0.1, -0.05) is 152 Å². The summed E-state index contributed by atoms with van der Waals surface area (Å²) in [4.78, 5) is 13.7. The number of esters is 1. The van der Waals surface area contributed by atoms with Crippen LogP contribution in [0.3, 0.4) is 0 Å². The lowest BCUT2D eigenvalue weighted by atomic mass is 10.0. The molecular weight excluding hydrogens is 562 g/mol. The minimum atomic E-state index is -0.0485. The number of hydrogen-bond donors (Lipinski definition) is 0. The molecule has 0 amide bonds. The van der Waals surface area contributed by atoms with Gasteiger partial charge in [0.15, 0.2) is 0 Å². The Morgan fingerprint density at radius 1 is 0.457 bits per heavy atom. The van der Waals surface area contributed by atoms with Crippen LogP contribution in [0.2, 0.25) is 0 Å². The molecule has 0 rings (SSSR count). The molecule has 0 aliphatic carbocycles. The van der Waals surface area contributed by atoms with Crippen LogP contribution in [0, 0.1) is 0 Å². The molecule has 0 unspecified atom stereocenters. The zero-order valence-electron chi connectivity index (χ0n) is 31.3. The highest BCUT2D eigenvalue weighted by Gasteiger charge is 2.02. The molecule has 0 saturated heterocycles. The molecule has 0 heterocycles. The Kier molecular flexibility index (Phi) is 38.2. The van der Waals surface area contributed by atoms with Crippen molar-refractivity contribution in [2.45, 2.75) is 193 Å². The highest BCUT2D eigenvalue weighted by molar-refractivity contribution is 5.69. The fraction of sp³-hybridized carbons (Fsp3) is 0.791. The lowest BCUT2D eigenvalue weighted by Crippen LogP contribution is -2.15. The molecule has 3 nitrogen and oxygen atoms in total. The molecule has 0 saturated carbocycles. The average Bonchev–Trinajstić information content (AvgIpc) is 3.04. The van der Waals surface area contributed by atoms with E-state index in [-0.39, 0.29) is 5.97 Å². The van der Waals surface area contributed by atoms with E-state index >= 15 is 0 Å². The Bertz CT molecular complexity index is 720. The van der Waals surface area contributed by atoms with Crippen molar-refractivity contribution in [1.82, 2.24) is 4.90 Å². The zero-order chi connectivity index (χ0) is 33.4. The Morgan fingerprint density at radius 3 is 1.17 bits per heavy atom. The van der Waals surface area contributed by atoms with Crippen LogP contribution in [-0.4, -0.2) is 38.1 Å². The van der Waals surface area contributed by atoms with E-state index in [0.29, 0.717) is 13.0 Å². The number of nitrogens with zero attached hydrogens (tertiary/aromatic N) is 1. The fourth-order valence-corrected chi connectivity index (χ4v) is 5.69. The third kappa shape index (κ3) is 40.4. The Labute approximate surface area is 288 Å². The van der Waals surface area contributed by atoms with Gasteiger partial charge in [0.2, 0.25) is 0 Å². The van der Waals surface area contributed by atoms with Gasteiger partial charge < -0.3 is 9.64 Å². The molecule has 0 aliphatic heterocycles. The first-order valence-corrected chi connectivity index (χ1v) is 20.1. The van der Waals surface area contributed by atoms with Gasteiger partial charge in [-0.2, -0.15) is 0 Å². The van der Waals surface area contributed by atoms with Crippen LogP contribution < -0.4 is 0 Å². The Balaban J connectivity index is 3.23. The molecular formula is C43H79NO2. The highest BCUT2D eigenvalue weighted by atomic mass is 16.5. The van der Waals surface area contributed by atoms with Crippen molar-refractivity contribution in [1.29, 1.82) is 0 Å². The van der Waals surface area contributed by atoms with Crippen LogP contribution in [0.25, 0.3) is 0 Å². The number of ether oxygens (including phenoxy) is 1. The first-order valence-electron chi connectivity index (χ1n) is 20.1. The van der Waals surface area contributed by atoms with Gasteiger partial charge in [0.25, 0.3) is 0 Å². The third-order valence-electron chi connectivity index (χ3n) is 8.69. The molecule has 0 N–H and O–H groups in total. The van der Waals surface area contributed by atoms with Crippen molar-refractivity contribution in [3.8, 4) is 0 Å². The van der Waals surface area contributed by atoms with Gasteiger partial charge in [-0.15, -0.1) is 0 Å². The SMILES string of the molecule is CCCCCC=CCC=CCCCCCCCCCCCCCCCCCC=CCC=CCCCCCOC(=O)CCCN(C)C. The molecule has 0 aromatic carbocycles. The lowest BCUT2D eigenvalue weighted by Gasteiger charge is -2.08. The highest BCUT2D eigenvalue weighted by Crippen LogP contribution is 2.14. The predicted octanol–water partition coefficient (Wildman–Crippen LogP) is 13.6. The average molecular weight is 642 g/mol. The molecule has 0 bridgehead atoms. The second-order valence-electron chi connectivity index (χ2n) is 13.7. The largest absolute Gasteiger partial charge is 0.466 e. The Morgan fingerprint density at radius 2 is 0.804 bits per heavy atom. The molecule has 0 spiro atoms. The summed E-state index contributed by atoms with van der Waals surface area (Å²) in [5, 5.41) is 0. The molecule has 0 fully saturated rings. The molecule has 0 aromatic heterocycles. The first-order chi connectivity index (χ1) is 22.7. The van der Waals surface area contributed by atoms with Gasteiger partial charge in [-0.25, -0.2) is 0 Å². The van der Waals surface area contributed by atoms with E-state index in [1.807, 2.05) is 14.1 Å². The van der Waals surface area contributed by atoms with E-state index in [2.05, 4.69) is 60.4 Å². The van der Waals surface area contributed by atoms with Crippen molar-refractivity contribution in [2.24, 2.45) is 0 Å².